The third-order valence-corrected chi connectivity index (χ3v) is 2.48. The third-order valence-electron chi connectivity index (χ3n) is 2.48. The van der Waals surface area contributed by atoms with Crippen molar-refractivity contribution in [2.45, 2.75) is 26.8 Å². The van der Waals surface area contributed by atoms with Gasteiger partial charge in [-0.2, -0.15) is 0 Å². The molecule has 6 heteroatoms. The highest BCUT2D eigenvalue weighted by atomic mass is 19.2. The maximum absolute atomic E-state index is 13.3. The van der Waals surface area contributed by atoms with Gasteiger partial charge < -0.3 is 11.1 Å². The summed E-state index contributed by atoms with van der Waals surface area (Å²) >= 11 is 0. The maximum Gasteiger partial charge on any atom is 0.241 e. The highest BCUT2D eigenvalue weighted by Gasteiger charge is 2.28. The Labute approximate surface area is 103 Å². The van der Waals surface area contributed by atoms with Crippen LogP contribution in [0.25, 0.3) is 0 Å². The molecule has 0 aliphatic carbocycles. The third kappa shape index (κ3) is 3.22. The molecule has 0 bridgehead atoms. The van der Waals surface area contributed by atoms with Crippen LogP contribution in [0, 0.1) is 22.9 Å². The summed E-state index contributed by atoms with van der Waals surface area (Å²) in [6.45, 7) is 5.20. The first-order valence-electron chi connectivity index (χ1n) is 5.34. The molecule has 1 rings (SSSR count). The number of nitrogens with two attached hydrogens (primary N) is 1. The zero-order chi connectivity index (χ0) is 14.1. The Morgan fingerprint density at radius 1 is 1.17 bits per heavy atom. The van der Waals surface area contributed by atoms with E-state index in [2.05, 4.69) is 5.32 Å². The summed E-state index contributed by atoms with van der Waals surface area (Å²) in [5, 5.41) is 2.14. The minimum atomic E-state index is -1.31. The molecule has 0 saturated carbocycles. The molecule has 0 saturated heterocycles. The standard InChI is InChI=1S/C12H15F3N2O/c1-12(2,3)10(16)11(18)17-9-5-7(14)6(13)4-8(9)15/h4-5,10H,16H2,1-3H3,(H,17,18). The van der Waals surface area contributed by atoms with E-state index in [-0.39, 0.29) is 0 Å². The lowest BCUT2D eigenvalue weighted by atomic mass is 9.87. The second kappa shape index (κ2) is 4.97. The molecule has 18 heavy (non-hydrogen) atoms. The van der Waals surface area contributed by atoms with Crippen LogP contribution in [0.2, 0.25) is 0 Å². The maximum atomic E-state index is 13.3. The van der Waals surface area contributed by atoms with Gasteiger partial charge in [0.15, 0.2) is 11.6 Å². The van der Waals surface area contributed by atoms with Crippen molar-refractivity contribution < 1.29 is 18.0 Å². The van der Waals surface area contributed by atoms with Gasteiger partial charge in [0, 0.05) is 12.1 Å². The van der Waals surface area contributed by atoms with E-state index in [0.717, 1.165) is 0 Å². The van der Waals surface area contributed by atoms with Gasteiger partial charge in [-0.3, -0.25) is 4.79 Å². The molecule has 3 nitrogen and oxygen atoms in total. The number of carbonyl (C=O) groups is 1. The SMILES string of the molecule is CC(C)(C)C(N)C(=O)Nc1cc(F)c(F)cc1F. The smallest absolute Gasteiger partial charge is 0.241 e. The normalized spacial score (nSPS) is 13.3. The van der Waals surface area contributed by atoms with E-state index in [0.29, 0.717) is 12.1 Å². The van der Waals surface area contributed by atoms with E-state index >= 15 is 0 Å². The molecule has 0 aliphatic heterocycles. The van der Waals surface area contributed by atoms with Crippen molar-refractivity contribution in [2.24, 2.45) is 11.1 Å². The van der Waals surface area contributed by atoms with Gasteiger partial charge in [0.2, 0.25) is 5.91 Å². The number of anilines is 1. The predicted molar refractivity (Wildman–Crippen MR) is 62.4 cm³/mol. The van der Waals surface area contributed by atoms with Crippen LogP contribution in [0.1, 0.15) is 20.8 Å². The van der Waals surface area contributed by atoms with Crippen LogP contribution in [-0.4, -0.2) is 11.9 Å². The zero-order valence-corrected chi connectivity index (χ0v) is 10.4. The van der Waals surface area contributed by atoms with E-state index in [9.17, 15) is 18.0 Å². The number of benzene rings is 1. The molecule has 0 aromatic heterocycles. The van der Waals surface area contributed by atoms with Gasteiger partial charge in [-0.25, -0.2) is 13.2 Å². The van der Waals surface area contributed by atoms with E-state index in [4.69, 9.17) is 5.73 Å². The summed E-state index contributed by atoms with van der Waals surface area (Å²) in [6, 6.07) is 0.0518. The highest BCUT2D eigenvalue weighted by molar-refractivity contribution is 5.95. The average molecular weight is 260 g/mol. The van der Waals surface area contributed by atoms with Crippen LogP contribution in [0.4, 0.5) is 18.9 Å². The Bertz CT molecular complexity index is 469. The summed E-state index contributed by atoms with van der Waals surface area (Å²) in [5.74, 6) is -4.27. The number of nitrogens with one attached hydrogen (secondary N) is 1. The Balaban J connectivity index is 2.92. The van der Waals surface area contributed by atoms with Crippen LogP contribution >= 0.6 is 0 Å². The molecule has 0 fully saturated rings. The van der Waals surface area contributed by atoms with E-state index in [1.807, 2.05) is 0 Å². The largest absolute Gasteiger partial charge is 0.322 e. The summed E-state index contributed by atoms with van der Waals surface area (Å²) in [5.41, 5.74) is 4.70. The minimum absolute atomic E-state index is 0.369. The molecular formula is C12H15F3N2O. The van der Waals surface area contributed by atoms with Crippen molar-refractivity contribution >= 4 is 11.6 Å². The summed E-state index contributed by atoms with van der Waals surface area (Å²) in [4.78, 5) is 11.7. The molecule has 0 aliphatic rings. The monoisotopic (exact) mass is 260 g/mol. The van der Waals surface area contributed by atoms with Crippen molar-refractivity contribution in [2.75, 3.05) is 5.32 Å². The number of carbonyl (C=O) groups excluding carboxylic acids is 1. The Kier molecular flexibility index (Phi) is 4.01. The second-order valence-corrected chi connectivity index (χ2v) is 5.08. The van der Waals surface area contributed by atoms with E-state index < -0.39 is 40.5 Å². The highest BCUT2D eigenvalue weighted by Crippen LogP contribution is 2.21. The van der Waals surface area contributed by atoms with Gasteiger partial charge in [0.05, 0.1) is 11.7 Å². The second-order valence-electron chi connectivity index (χ2n) is 5.08. The minimum Gasteiger partial charge on any atom is -0.322 e. The Morgan fingerprint density at radius 3 is 2.17 bits per heavy atom. The molecule has 1 aromatic carbocycles. The molecule has 100 valence electrons. The fourth-order valence-electron chi connectivity index (χ4n) is 1.22. The molecule has 0 spiro atoms. The van der Waals surface area contributed by atoms with Gasteiger partial charge in [-0.15, -0.1) is 0 Å². The van der Waals surface area contributed by atoms with Crippen LogP contribution < -0.4 is 11.1 Å². The topological polar surface area (TPSA) is 55.1 Å². The molecule has 1 aromatic rings. The van der Waals surface area contributed by atoms with Gasteiger partial charge in [-0.1, -0.05) is 20.8 Å². The zero-order valence-electron chi connectivity index (χ0n) is 10.4. The Morgan fingerprint density at radius 2 is 1.67 bits per heavy atom. The number of amides is 1. The van der Waals surface area contributed by atoms with Crippen molar-refractivity contribution in [3.8, 4) is 0 Å². The predicted octanol–water partition coefficient (Wildman–Crippen LogP) is 2.42. The molecule has 0 heterocycles. The van der Waals surface area contributed by atoms with Crippen molar-refractivity contribution in [3.05, 3.63) is 29.6 Å². The summed E-state index contributed by atoms with van der Waals surface area (Å²) in [6.07, 6.45) is 0. The van der Waals surface area contributed by atoms with Gasteiger partial charge in [-0.05, 0) is 5.41 Å². The lowest BCUT2D eigenvalue weighted by Gasteiger charge is -2.25. The number of rotatable bonds is 2. The quantitative estimate of drug-likeness (QED) is 0.802. The van der Waals surface area contributed by atoms with Gasteiger partial charge in [0.25, 0.3) is 0 Å². The average Bonchev–Trinajstić information content (AvgIpc) is 2.23. The van der Waals surface area contributed by atoms with Crippen LogP contribution in [0.15, 0.2) is 12.1 Å². The lowest BCUT2D eigenvalue weighted by molar-refractivity contribution is -0.119. The first-order valence-corrected chi connectivity index (χ1v) is 5.34. The fourth-order valence-corrected chi connectivity index (χ4v) is 1.22. The fraction of sp³-hybridized carbons (Fsp3) is 0.417. The van der Waals surface area contributed by atoms with E-state index in [1.165, 1.54) is 0 Å². The van der Waals surface area contributed by atoms with Crippen molar-refractivity contribution in [1.82, 2.24) is 0 Å². The first kappa shape index (κ1) is 14.5. The number of hydrogen-bond donors (Lipinski definition) is 2. The van der Waals surface area contributed by atoms with Gasteiger partial charge in [0.1, 0.15) is 5.82 Å². The van der Waals surface area contributed by atoms with Crippen molar-refractivity contribution in [3.63, 3.8) is 0 Å². The molecule has 3 N–H and O–H groups in total. The van der Waals surface area contributed by atoms with Crippen LogP contribution in [0.5, 0.6) is 0 Å². The first-order chi connectivity index (χ1) is 8.12. The molecular weight excluding hydrogens is 245 g/mol. The number of halogens is 3. The molecule has 1 unspecified atom stereocenters. The van der Waals surface area contributed by atoms with Crippen LogP contribution in [-0.2, 0) is 4.79 Å². The Hall–Kier alpha value is -1.56. The summed E-state index contributed by atoms with van der Waals surface area (Å²) < 4.78 is 38.9. The van der Waals surface area contributed by atoms with E-state index in [1.54, 1.807) is 20.8 Å². The lowest BCUT2D eigenvalue weighted by Crippen LogP contribution is -2.45. The van der Waals surface area contributed by atoms with Gasteiger partial charge >= 0.3 is 0 Å². The molecule has 0 radical (unpaired) electrons. The molecule has 1 atom stereocenters. The number of hydrogen-bond acceptors (Lipinski definition) is 2. The van der Waals surface area contributed by atoms with Crippen molar-refractivity contribution in [1.29, 1.82) is 0 Å². The molecule has 1 amide bonds. The van der Waals surface area contributed by atoms with Crippen LogP contribution in [0.3, 0.4) is 0 Å². The summed E-state index contributed by atoms with van der Waals surface area (Å²) in [7, 11) is 0.